The first-order valence-electron chi connectivity index (χ1n) is 10.4. The summed E-state index contributed by atoms with van der Waals surface area (Å²) in [7, 11) is 0. The Morgan fingerprint density at radius 2 is 2.10 bits per heavy atom. The molecule has 6 heteroatoms. The molecule has 0 saturated carbocycles. The van der Waals surface area contributed by atoms with Crippen molar-refractivity contribution in [2.75, 3.05) is 19.6 Å². The summed E-state index contributed by atoms with van der Waals surface area (Å²) >= 11 is 0. The number of imidazole rings is 1. The van der Waals surface area contributed by atoms with Crippen LogP contribution in [-0.4, -0.2) is 45.9 Å². The molecule has 1 fully saturated rings. The fourth-order valence-corrected chi connectivity index (χ4v) is 3.91. The molecule has 2 aromatic heterocycles. The summed E-state index contributed by atoms with van der Waals surface area (Å²) < 4.78 is 7.91. The molecule has 6 nitrogen and oxygen atoms in total. The maximum absolute atomic E-state index is 13.2. The largest absolute Gasteiger partial charge is 0.487 e. The van der Waals surface area contributed by atoms with E-state index in [9.17, 15) is 4.79 Å². The summed E-state index contributed by atoms with van der Waals surface area (Å²) in [5.41, 5.74) is 2.44. The highest BCUT2D eigenvalue weighted by atomic mass is 16.5. The lowest BCUT2D eigenvalue weighted by atomic mass is 10.0. The number of aromatic nitrogens is 2. The molecule has 1 N–H and O–H groups in total. The SMILES string of the molecule is CCCN(C(=O)c1cccc(OCc2cn3ccccc3n2)c1)C1CCNCC1. The minimum atomic E-state index is 0.0944. The van der Waals surface area contributed by atoms with E-state index in [1.54, 1.807) is 0 Å². The van der Waals surface area contributed by atoms with Crippen molar-refractivity contribution in [2.24, 2.45) is 0 Å². The highest BCUT2D eigenvalue weighted by Crippen LogP contribution is 2.20. The fourth-order valence-electron chi connectivity index (χ4n) is 3.91. The topological polar surface area (TPSA) is 58.9 Å². The van der Waals surface area contributed by atoms with Gasteiger partial charge in [-0.1, -0.05) is 19.1 Å². The van der Waals surface area contributed by atoms with Crippen LogP contribution in [0.15, 0.2) is 54.9 Å². The first-order chi connectivity index (χ1) is 14.2. The number of nitrogens with one attached hydrogen (secondary N) is 1. The average molecular weight is 393 g/mol. The van der Waals surface area contributed by atoms with Gasteiger partial charge in [-0.3, -0.25) is 4.79 Å². The van der Waals surface area contributed by atoms with Crippen molar-refractivity contribution in [1.82, 2.24) is 19.6 Å². The molecule has 1 amide bonds. The number of hydrogen-bond acceptors (Lipinski definition) is 4. The summed E-state index contributed by atoms with van der Waals surface area (Å²) in [6.45, 7) is 5.22. The number of rotatable bonds is 7. The quantitative estimate of drug-likeness (QED) is 0.668. The zero-order valence-electron chi connectivity index (χ0n) is 16.9. The number of pyridine rings is 1. The number of hydrogen-bond donors (Lipinski definition) is 1. The van der Waals surface area contributed by atoms with Gasteiger partial charge in [-0.05, 0) is 62.7 Å². The number of piperidine rings is 1. The van der Waals surface area contributed by atoms with Crippen molar-refractivity contribution >= 4 is 11.6 Å². The standard InChI is InChI=1S/C23H28N4O2/c1-2-13-27(20-9-11-24-12-10-20)23(28)18-6-5-7-21(15-18)29-17-19-16-26-14-4-3-8-22(26)25-19/h3-8,14-16,20,24H,2,9-13,17H2,1H3. The summed E-state index contributed by atoms with van der Waals surface area (Å²) in [6, 6.07) is 13.7. The summed E-state index contributed by atoms with van der Waals surface area (Å²) in [5.74, 6) is 0.784. The molecular weight excluding hydrogens is 364 g/mol. The van der Waals surface area contributed by atoms with Crippen LogP contribution in [0.2, 0.25) is 0 Å². The van der Waals surface area contributed by atoms with Crippen LogP contribution in [-0.2, 0) is 6.61 Å². The highest BCUT2D eigenvalue weighted by molar-refractivity contribution is 5.94. The lowest BCUT2D eigenvalue weighted by Gasteiger charge is -2.34. The van der Waals surface area contributed by atoms with Gasteiger partial charge in [0.05, 0.1) is 5.69 Å². The van der Waals surface area contributed by atoms with Gasteiger partial charge in [0, 0.05) is 30.5 Å². The Bertz CT molecular complexity index is 929. The Morgan fingerprint density at radius 1 is 1.24 bits per heavy atom. The zero-order chi connectivity index (χ0) is 20.1. The Kier molecular flexibility index (Phi) is 6.10. The average Bonchev–Trinajstić information content (AvgIpc) is 3.19. The number of amides is 1. The Morgan fingerprint density at radius 3 is 2.90 bits per heavy atom. The molecule has 1 aliphatic rings. The van der Waals surface area contributed by atoms with E-state index >= 15 is 0 Å². The van der Waals surface area contributed by atoms with Crippen LogP contribution in [0.25, 0.3) is 5.65 Å². The van der Waals surface area contributed by atoms with E-state index in [1.807, 2.05) is 64.2 Å². The van der Waals surface area contributed by atoms with E-state index in [0.29, 0.717) is 24.0 Å². The van der Waals surface area contributed by atoms with E-state index < -0.39 is 0 Å². The van der Waals surface area contributed by atoms with Gasteiger partial charge in [0.15, 0.2) is 0 Å². The van der Waals surface area contributed by atoms with Crippen LogP contribution >= 0.6 is 0 Å². The molecule has 3 heterocycles. The molecule has 152 valence electrons. The van der Waals surface area contributed by atoms with Crippen molar-refractivity contribution in [2.45, 2.75) is 38.8 Å². The van der Waals surface area contributed by atoms with Crippen LogP contribution in [0.5, 0.6) is 5.75 Å². The van der Waals surface area contributed by atoms with Crippen molar-refractivity contribution < 1.29 is 9.53 Å². The first kappa shape index (κ1) is 19.5. The van der Waals surface area contributed by atoms with Crippen molar-refractivity contribution in [3.8, 4) is 5.75 Å². The molecule has 29 heavy (non-hydrogen) atoms. The zero-order valence-corrected chi connectivity index (χ0v) is 16.9. The third-order valence-corrected chi connectivity index (χ3v) is 5.36. The van der Waals surface area contributed by atoms with Crippen molar-refractivity contribution in [3.05, 3.63) is 66.1 Å². The summed E-state index contributed by atoms with van der Waals surface area (Å²) in [5, 5.41) is 3.38. The molecule has 0 unspecified atom stereocenters. The molecule has 3 aromatic rings. The van der Waals surface area contributed by atoms with Crippen LogP contribution in [0.3, 0.4) is 0 Å². The molecule has 0 radical (unpaired) electrons. The summed E-state index contributed by atoms with van der Waals surface area (Å²) in [4.78, 5) is 19.8. The second-order valence-electron chi connectivity index (χ2n) is 7.49. The minimum Gasteiger partial charge on any atom is -0.487 e. The number of ether oxygens (including phenoxy) is 1. The Balaban J connectivity index is 1.45. The lowest BCUT2D eigenvalue weighted by molar-refractivity contribution is 0.0642. The van der Waals surface area contributed by atoms with Gasteiger partial charge in [-0.15, -0.1) is 0 Å². The minimum absolute atomic E-state index is 0.0944. The predicted molar refractivity (Wildman–Crippen MR) is 113 cm³/mol. The first-order valence-corrected chi connectivity index (χ1v) is 10.4. The van der Waals surface area contributed by atoms with Gasteiger partial charge in [-0.25, -0.2) is 4.98 Å². The molecule has 0 atom stereocenters. The molecule has 4 rings (SSSR count). The lowest BCUT2D eigenvalue weighted by Crippen LogP contribution is -2.46. The maximum atomic E-state index is 13.2. The molecule has 0 aliphatic carbocycles. The maximum Gasteiger partial charge on any atom is 0.254 e. The van der Waals surface area contributed by atoms with Crippen molar-refractivity contribution in [1.29, 1.82) is 0 Å². The van der Waals surface area contributed by atoms with Crippen LogP contribution in [0.1, 0.15) is 42.2 Å². The molecule has 0 spiro atoms. The van der Waals surface area contributed by atoms with E-state index in [1.165, 1.54) is 0 Å². The van der Waals surface area contributed by atoms with E-state index in [0.717, 1.165) is 50.2 Å². The van der Waals surface area contributed by atoms with Gasteiger partial charge in [0.25, 0.3) is 5.91 Å². The van der Waals surface area contributed by atoms with Gasteiger partial charge in [-0.2, -0.15) is 0 Å². The smallest absolute Gasteiger partial charge is 0.254 e. The third-order valence-electron chi connectivity index (χ3n) is 5.36. The van der Waals surface area contributed by atoms with Crippen LogP contribution in [0, 0.1) is 0 Å². The van der Waals surface area contributed by atoms with Gasteiger partial charge >= 0.3 is 0 Å². The Labute approximate surface area is 171 Å². The monoisotopic (exact) mass is 392 g/mol. The number of benzene rings is 1. The second kappa shape index (κ2) is 9.09. The van der Waals surface area contributed by atoms with Crippen molar-refractivity contribution in [3.63, 3.8) is 0 Å². The molecule has 1 aromatic carbocycles. The molecule has 1 saturated heterocycles. The van der Waals surface area contributed by atoms with E-state index in [2.05, 4.69) is 17.2 Å². The number of fused-ring (bicyclic) bond motifs is 1. The Hall–Kier alpha value is -2.86. The number of nitrogens with zero attached hydrogens (tertiary/aromatic N) is 3. The van der Waals surface area contributed by atoms with Gasteiger partial charge < -0.3 is 19.4 Å². The molecular formula is C23H28N4O2. The van der Waals surface area contributed by atoms with E-state index in [4.69, 9.17) is 4.74 Å². The predicted octanol–water partition coefficient (Wildman–Crippen LogP) is 3.52. The van der Waals surface area contributed by atoms with Crippen LogP contribution < -0.4 is 10.1 Å². The normalized spacial score (nSPS) is 14.8. The van der Waals surface area contributed by atoms with Gasteiger partial charge in [0.2, 0.25) is 0 Å². The highest BCUT2D eigenvalue weighted by Gasteiger charge is 2.25. The van der Waals surface area contributed by atoms with Crippen LogP contribution in [0.4, 0.5) is 0 Å². The molecule has 1 aliphatic heterocycles. The number of carbonyl (C=O) groups is 1. The summed E-state index contributed by atoms with van der Waals surface area (Å²) in [6.07, 6.45) is 6.91. The van der Waals surface area contributed by atoms with E-state index in [-0.39, 0.29) is 5.91 Å². The van der Waals surface area contributed by atoms with Gasteiger partial charge in [0.1, 0.15) is 18.0 Å². The third kappa shape index (κ3) is 4.59. The molecule has 0 bridgehead atoms. The number of carbonyl (C=O) groups excluding carboxylic acids is 1. The fraction of sp³-hybridized carbons (Fsp3) is 0.391. The second-order valence-corrected chi connectivity index (χ2v) is 7.49.